The Bertz CT molecular complexity index is 502. The van der Waals surface area contributed by atoms with E-state index in [1.54, 1.807) is 17.0 Å². The Hall–Kier alpha value is -1.42. The highest BCUT2D eigenvalue weighted by Gasteiger charge is 2.41. The molecule has 2 heterocycles. The molecule has 2 aliphatic heterocycles. The molecule has 120 valence electrons. The Balaban J connectivity index is 1.62. The molecule has 0 radical (unpaired) electrons. The van der Waals surface area contributed by atoms with Crippen molar-refractivity contribution < 1.29 is 14.1 Å². The van der Waals surface area contributed by atoms with Gasteiger partial charge in [-0.3, -0.25) is 4.79 Å². The second-order valence-electron chi connectivity index (χ2n) is 6.80. The quantitative estimate of drug-likeness (QED) is 0.876. The van der Waals surface area contributed by atoms with E-state index in [-0.39, 0.29) is 17.8 Å². The molecule has 0 saturated carbocycles. The van der Waals surface area contributed by atoms with Gasteiger partial charge in [0.25, 0.3) is 5.91 Å². The van der Waals surface area contributed by atoms with Gasteiger partial charge in [0.2, 0.25) is 0 Å². The number of carbonyl (C=O) groups excluding carboxylic acids is 1. The van der Waals surface area contributed by atoms with Crippen LogP contribution in [-0.4, -0.2) is 30.6 Å². The molecule has 2 fully saturated rings. The smallest absolute Gasteiger partial charge is 0.251 e. The van der Waals surface area contributed by atoms with Crippen molar-refractivity contribution in [2.75, 3.05) is 6.54 Å². The number of hydrogen-bond donors (Lipinski definition) is 2. The molecule has 2 unspecified atom stereocenters. The Morgan fingerprint density at radius 3 is 2.45 bits per heavy atom. The standard InChI is InChI=1S/C18H25FN2O/c1-2-10-21-16-4-3-5-17(21)12-15(11-16)20-18(22)13-6-8-14(19)9-7-13/h6-9,15-17H,2-5,10-12H2,1H3,(H,20,22)/p+1/t15?,16-,17+. The van der Waals surface area contributed by atoms with E-state index in [1.165, 1.54) is 44.4 Å². The summed E-state index contributed by atoms with van der Waals surface area (Å²) < 4.78 is 12.9. The van der Waals surface area contributed by atoms with Gasteiger partial charge in [-0.25, -0.2) is 4.39 Å². The molecule has 0 spiro atoms. The number of benzene rings is 1. The van der Waals surface area contributed by atoms with E-state index in [0.29, 0.717) is 17.6 Å². The summed E-state index contributed by atoms with van der Waals surface area (Å²) in [7, 11) is 0. The minimum absolute atomic E-state index is 0.0676. The minimum atomic E-state index is -0.303. The number of hydrogen-bond acceptors (Lipinski definition) is 1. The second kappa shape index (κ2) is 6.78. The lowest BCUT2D eigenvalue weighted by molar-refractivity contribution is -0.961. The number of fused-ring (bicyclic) bond motifs is 2. The van der Waals surface area contributed by atoms with Crippen LogP contribution in [0.4, 0.5) is 4.39 Å². The predicted octanol–water partition coefficient (Wildman–Crippen LogP) is 1.93. The molecule has 2 aliphatic rings. The second-order valence-corrected chi connectivity index (χ2v) is 6.80. The van der Waals surface area contributed by atoms with Crippen LogP contribution in [0, 0.1) is 5.82 Å². The SMILES string of the molecule is CCC[NH+]1[C@@H]2CCC[C@H]1CC(NC(=O)c1ccc(F)cc1)C2. The molecule has 3 rings (SSSR count). The molecule has 3 nitrogen and oxygen atoms in total. The first-order valence-electron chi connectivity index (χ1n) is 8.59. The zero-order valence-corrected chi connectivity index (χ0v) is 13.3. The minimum Gasteiger partial charge on any atom is -0.349 e. The first kappa shape index (κ1) is 15.5. The number of rotatable bonds is 4. The van der Waals surface area contributed by atoms with Gasteiger partial charge in [-0.05, 0) is 49.9 Å². The molecule has 0 aliphatic carbocycles. The number of nitrogens with one attached hydrogen (secondary N) is 2. The van der Waals surface area contributed by atoms with Crippen molar-refractivity contribution in [3.63, 3.8) is 0 Å². The summed E-state index contributed by atoms with van der Waals surface area (Å²) in [6, 6.07) is 7.48. The van der Waals surface area contributed by atoms with Crippen LogP contribution in [-0.2, 0) is 0 Å². The van der Waals surface area contributed by atoms with Crippen LogP contribution in [0.3, 0.4) is 0 Å². The molecule has 0 aromatic heterocycles. The van der Waals surface area contributed by atoms with E-state index in [4.69, 9.17) is 0 Å². The van der Waals surface area contributed by atoms with Crippen LogP contribution < -0.4 is 10.2 Å². The van der Waals surface area contributed by atoms with Gasteiger partial charge in [0.05, 0.1) is 18.6 Å². The van der Waals surface area contributed by atoms with Crippen LogP contribution in [0.5, 0.6) is 0 Å². The molecule has 2 saturated heterocycles. The van der Waals surface area contributed by atoms with Crippen LogP contribution in [0.1, 0.15) is 55.8 Å². The van der Waals surface area contributed by atoms with Gasteiger partial charge in [-0.1, -0.05) is 6.92 Å². The summed E-state index contributed by atoms with van der Waals surface area (Å²) in [5, 5.41) is 3.17. The van der Waals surface area contributed by atoms with Gasteiger partial charge < -0.3 is 10.2 Å². The molecule has 2 bridgehead atoms. The average Bonchev–Trinajstić information content (AvgIpc) is 2.49. The molecule has 4 atom stereocenters. The maximum absolute atomic E-state index is 12.9. The highest BCUT2D eigenvalue weighted by Crippen LogP contribution is 2.22. The average molecular weight is 305 g/mol. The van der Waals surface area contributed by atoms with E-state index >= 15 is 0 Å². The third kappa shape index (κ3) is 3.32. The van der Waals surface area contributed by atoms with E-state index in [0.717, 1.165) is 12.8 Å². The summed E-state index contributed by atoms with van der Waals surface area (Å²) in [5.41, 5.74) is 0.551. The van der Waals surface area contributed by atoms with Crippen LogP contribution in [0.15, 0.2) is 24.3 Å². The lowest BCUT2D eigenvalue weighted by atomic mass is 9.81. The Kier molecular flexibility index (Phi) is 4.77. The van der Waals surface area contributed by atoms with E-state index < -0.39 is 0 Å². The predicted molar refractivity (Wildman–Crippen MR) is 84.4 cm³/mol. The lowest BCUT2D eigenvalue weighted by Gasteiger charge is -2.46. The molecule has 22 heavy (non-hydrogen) atoms. The zero-order chi connectivity index (χ0) is 15.5. The Labute approximate surface area is 131 Å². The highest BCUT2D eigenvalue weighted by atomic mass is 19.1. The normalized spacial score (nSPS) is 30.8. The number of carbonyl (C=O) groups is 1. The summed E-state index contributed by atoms with van der Waals surface area (Å²) in [6.45, 7) is 3.51. The summed E-state index contributed by atoms with van der Waals surface area (Å²) in [6.07, 6.45) is 7.30. The number of halogens is 1. The fourth-order valence-corrected chi connectivity index (χ4v) is 4.32. The van der Waals surface area contributed by atoms with Crippen molar-refractivity contribution >= 4 is 5.91 Å². The summed E-state index contributed by atoms with van der Waals surface area (Å²) in [4.78, 5) is 14.1. The third-order valence-corrected chi connectivity index (χ3v) is 5.27. The van der Waals surface area contributed by atoms with Crippen LogP contribution in [0.25, 0.3) is 0 Å². The maximum atomic E-state index is 12.9. The van der Waals surface area contributed by atoms with E-state index in [2.05, 4.69) is 12.2 Å². The summed E-state index contributed by atoms with van der Waals surface area (Å²) >= 11 is 0. The number of quaternary nitrogens is 1. The molecular formula is C18H26FN2O+. The Morgan fingerprint density at radius 1 is 1.23 bits per heavy atom. The van der Waals surface area contributed by atoms with Gasteiger partial charge in [0, 0.05) is 24.4 Å². The van der Waals surface area contributed by atoms with Crippen molar-refractivity contribution in [3.05, 3.63) is 35.6 Å². The monoisotopic (exact) mass is 305 g/mol. The third-order valence-electron chi connectivity index (χ3n) is 5.27. The topological polar surface area (TPSA) is 33.5 Å². The van der Waals surface area contributed by atoms with Crippen molar-refractivity contribution in [1.82, 2.24) is 5.32 Å². The molecule has 2 N–H and O–H groups in total. The van der Waals surface area contributed by atoms with Crippen LogP contribution in [0.2, 0.25) is 0 Å². The molecule has 1 aromatic rings. The van der Waals surface area contributed by atoms with Crippen molar-refractivity contribution in [3.8, 4) is 0 Å². The van der Waals surface area contributed by atoms with Gasteiger partial charge in [0.1, 0.15) is 5.82 Å². The Morgan fingerprint density at radius 2 is 1.86 bits per heavy atom. The molecule has 1 amide bonds. The first-order valence-corrected chi connectivity index (χ1v) is 8.59. The van der Waals surface area contributed by atoms with Crippen LogP contribution >= 0.6 is 0 Å². The van der Waals surface area contributed by atoms with E-state index in [9.17, 15) is 9.18 Å². The lowest BCUT2D eigenvalue weighted by Crippen LogP contribution is -3.21. The number of piperidine rings is 2. The first-order chi connectivity index (χ1) is 10.7. The summed E-state index contributed by atoms with van der Waals surface area (Å²) in [5.74, 6) is -0.371. The molecule has 1 aromatic carbocycles. The van der Waals surface area contributed by atoms with E-state index in [1.807, 2.05) is 0 Å². The molecular weight excluding hydrogens is 279 g/mol. The fraction of sp³-hybridized carbons (Fsp3) is 0.611. The van der Waals surface area contributed by atoms with Gasteiger partial charge >= 0.3 is 0 Å². The number of amides is 1. The van der Waals surface area contributed by atoms with Crippen molar-refractivity contribution in [2.45, 2.75) is 63.6 Å². The zero-order valence-electron chi connectivity index (χ0n) is 13.3. The molecule has 4 heteroatoms. The van der Waals surface area contributed by atoms with Gasteiger partial charge in [0.15, 0.2) is 0 Å². The van der Waals surface area contributed by atoms with Crippen molar-refractivity contribution in [2.24, 2.45) is 0 Å². The largest absolute Gasteiger partial charge is 0.349 e. The highest BCUT2D eigenvalue weighted by molar-refractivity contribution is 5.94. The van der Waals surface area contributed by atoms with Gasteiger partial charge in [-0.15, -0.1) is 0 Å². The fourth-order valence-electron chi connectivity index (χ4n) is 4.32. The maximum Gasteiger partial charge on any atom is 0.251 e. The van der Waals surface area contributed by atoms with Gasteiger partial charge in [-0.2, -0.15) is 0 Å². The van der Waals surface area contributed by atoms with Crippen molar-refractivity contribution in [1.29, 1.82) is 0 Å².